The summed E-state index contributed by atoms with van der Waals surface area (Å²) in [5.41, 5.74) is 3.37. The van der Waals surface area contributed by atoms with Gasteiger partial charge in [-0.25, -0.2) is 0 Å². The molecule has 0 radical (unpaired) electrons. The van der Waals surface area contributed by atoms with Crippen molar-refractivity contribution in [2.45, 2.75) is 6.54 Å². The molecule has 0 aliphatic rings. The molecule has 0 bridgehead atoms. The molecular formula is C20H15Cl2N3O2. The van der Waals surface area contributed by atoms with Crippen LogP contribution in [0.25, 0.3) is 32.9 Å². The third-order valence-electron chi connectivity index (χ3n) is 4.53. The number of aliphatic carboxylic acids is 1. The molecule has 27 heavy (non-hydrogen) atoms. The van der Waals surface area contributed by atoms with Crippen molar-refractivity contribution in [3.05, 3.63) is 58.7 Å². The van der Waals surface area contributed by atoms with E-state index in [2.05, 4.69) is 10.3 Å². The van der Waals surface area contributed by atoms with Crippen molar-refractivity contribution in [3.8, 4) is 11.1 Å². The van der Waals surface area contributed by atoms with Crippen molar-refractivity contribution in [1.82, 2.24) is 9.55 Å². The van der Waals surface area contributed by atoms with Crippen LogP contribution in [0, 0.1) is 0 Å². The highest BCUT2D eigenvalue weighted by Crippen LogP contribution is 2.42. The molecule has 0 aliphatic carbocycles. The lowest BCUT2D eigenvalue weighted by atomic mass is 10.00. The van der Waals surface area contributed by atoms with Crippen molar-refractivity contribution in [2.24, 2.45) is 0 Å². The Bertz CT molecular complexity index is 1200. The van der Waals surface area contributed by atoms with Gasteiger partial charge in [0.2, 0.25) is 0 Å². The van der Waals surface area contributed by atoms with Gasteiger partial charge in [-0.3, -0.25) is 9.78 Å². The lowest BCUT2D eigenvalue weighted by Gasteiger charge is -2.11. The number of aromatic nitrogens is 2. The van der Waals surface area contributed by atoms with E-state index >= 15 is 0 Å². The van der Waals surface area contributed by atoms with Crippen LogP contribution in [-0.4, -0.2) is 27.7 Å². The first-order valence-corrected chi connectivity index (χ1v) is 9.01. The van der Waals surface area contributed by atoms with Crippen molar-refractivity contribution in [2.75, 3.05) is 12.4 Å². The number of carboxylic acid groups (broad SMARTS) is 1. The molecule has 5 nitrogen and oxygen atoms in total. The Morgan fingerprint density at radius 2 is 1.85 bits per heavy atom. The van der Waals surface area contributed by atoms with Crippen LogP contribution in [0.5, 0.6) is 0 Å². The number of carboxylic acids is 1. The van der Waals surface area contributed by atoms with Gasteiger partial charge in [-0.2, -0.15) is 0 Å². The molecule has 7 heteroatoms. The molecule has 4 aromatic rings. The molecule has 0 unspecified atom stereocenters. The number of fused-ring (bicyclic) bond motifs is 2. The van der Waals surface area contributed by atoms with E-state index in [4.69, 9.17) is 23.2 Å². The van der Waals surface area contributed by atoms with Gasteiger partial charge >= 0.3 is 5.97 Å². The lowest BCUT2D eigenvalue weighted by Crippen LogP contribution is -2.11. The fraction of sp³-hybridized carbons (Fsp3) is 0.100. The van der Waals surface area contributed by atoms with Gasteiger partial charge in [-0.15, -0.1) is 0 Å². The van der Waals surface area contributed by atoms with Gasteiger partial charge in [0, 0.05) is 39.6 Å². The summed E-state index contributed by atoms with van der Waals surface area (Å²) in [7, 11) is 1.78. The Morgan fingerprint density at radius 3 is 2.59 bits per heavy atom. The number of hydrogen-bond acceptors (Lipinski definition) is 3. The maximum atomic E-state index is 11.4. The third-order valence-corrected chi connectivity index (χ3v) is 5.00. The first-order chi connectivity index (χ1) is 13.0. The van der Waals surface area contributed by atoms with Crippen molar-refractivity contribution >= 4 is 56.8 Å². The van der Waals surface area contributed by atoms with Gasteiger partial charge in [-0.05, 0) is 42.0 Å². The molecule has 0 fully saturated rings. The normalized spacial score (nSPS) is 11.2. The van der Waals surface area contributed by atoms with Gasteiger partial charge in [0.05, 0.1) is 11.0 Å². The van der Waals surface area contributed by atoms with E-state index < -0.39 is 5.97 Å². The predicted octanol–water partition coefficient (Wildman–Crippen LogP) is 5.29. The molecule has 0 saturated carbocycles. The maximum Gasteiger partial charge on any atom is 0.323 e. The molecule has 0 saturated heterocycles. The Hall–Kier alpha value is -2.76. The first kappa shape index (κ1) is 17.6. The van der Waals surface area contributed by atoms with Crippen LogP contribution < -0.4 is 5.32 Å². The largest absolute Gasteiger partial charge is 0.480 e. The van der Waals surface area contributed by atoms with E-state index in [0.717, 1.165) is 32.9 Å². The topological polar surface area (TPSA) is 67.2 Å². The summed E-state index contributed by atoms with van der Waals surface area (Å²) in [6, 6.07) is 12.9. The monoisotopic (exact) mass is 399 g/mol. The Labute approximate surface area is 165 Å². The van der Waals surface area contributed by atoms with Crippen LogP contribution >= 0.6 is 23.2 Å². The maximum absolute atomic E-state index is 11.4. The van der Waals surface area contributed by atoms with E-state index in [0.29, 0.717) is 15.9 Å². The van der Waals surface area contributed by atoms with Crippen LogP contribution in [0.1, 0.15) is 0 Å². The second-order valence-corrected chi connectivity index (χ2v) is 7.01. The third kappa shape index (κ3) is 2.99. The first-order valence-electron chi connectivity index (χ1n) is 8.25. The average molecular weight is 400 g/mol. The number of pyridine rings is 1. The van der Waals surface area contributed by atoms with Crippen LogP contribution in [-0.2, 0) is 11.3 Å². The Balaban J connectivity index is 2.13. The van der Waals surface area contributed by atoms with Crippen molar-refractivity contribution in [1.29, 1.82) is 0 Å². The SMILES string of the molecule is CNc1c(-c2ccnc3cc(Cl)ccc23)c2cc(Cl)ccc2n1CC(=O)O. The summed E-state index contributed by atoms with van der Waals surface area (Å²) in [4.78, 5) is 15.8. The lowest BCUT2D eigenvalue weighted by molar-refractivity contribution is -0.137. The fourth-order valence-electron chi connectivity index (χ4n) is 3.50. The standard InChI is InChI=1S/C20H15Cl2N3O2/c1-23-20-19(14-6-7-24-16-9-12(22)2-4-13(14)16)15-8-11(21)3-5-17(15)25(20)10-18(26)27/h2-9,23H,10H2,1H3,(H,26,27). The second kappa shape index (κ2) is 6.76. The molecule has 136 valence electrons. The van der Waals surface area contributed by atoms with Crippen LogP contribution in [0.2, 0.25) is 10.0 Å². The van der Waals surface area contributed by atoms with Crippen molar-refractivity contribution in [3.63, 3.8) is 0 Å². The summed E-state index contributed by atoms with van der Waals surface area (Å²) in [6.07, 6.45) is 1.72. The van der Waals surface area contributed by atoms with Crippen LogP contribution in [0.4, 0.5) is 5.82 Å². The quantitative estimate of drug-likeness (QED) is 0.489. The molecule has 0 spiro atoms. The minimum Gasteiger partial charge on any atom is -0.480 e. The van der Waals surface area contributed by atoms with E-state index in [1.807, 2.05) is 36.4 Å². The molecule has 0 amide bonds. The number of carbonyl (C=O) groups is 1. The fourth-order valence-corrected chi connectivity index (χ4v) is 3.84. The van der Waals surface area contributed by atoms with E-state index in [9.17, 15) is 9.90 Å². The Morgan fingerprint density at radius 1 is 1.11 bits per heavy atom. The van der Waals surface area contributed by atoms with E-state index in [-0.39, 0.29) is 6.54 Å². The number of nitrogens with one attached hydrogen (secondary N) is 1. The molecule has 2 aromatic carbocycles. The highest BCUT2D eigenvalue weighted by molar-refractivity contribution is 6.32. The summed E-state index contributed by atoms with van der Waals surface area (Å²) >= 11 is 12.4. The smallest absolute Gasteiger partial charge is 0.323 e. The molecule has 0 atom stereocenters. The number of hydrogen-bond donors (Lipinski definition) is 2. The van der Waals surface area contributed by atoms with E-state index in [1.165, 1.54) is 0 Å². The molecule has 2 N–H and O–H groups in total. The van der Waals surface area contributed by atoms with Crippen LogP contribution in [0.3, 0.4) is 0 Å². The highest BCUT2D eigenvalue weighted by atomic mass is 35.5. The summed E-state index contributed by atoms with van der Waals surface area (Å²) in [5.74, 6) is -0.214. The van der Waals surface area contributed by atoms with Gasteiger partial charge in [0.1, 0.15) is 12.4 Å². The molecule has 4 rings (SSSR count). The average Bonchev–Trinajstić information content (AvgIpc) is 2.92. The zero-order valence-corrected chi connectivity index (χ0v) is 15.8. The molecular weight excluding hydrogens is 385 g/mol. The van der Waals surface area contributed by atoms with Gasteiger partial charge in [0.25, 0.3) is 0 Å². The van der Waals surface area contributed by atoms with Gasteiger partial charge < -0.3 is 15.0 Å². The zero-order chi connectivity index (χ0) is 19.1. The highest BCUT2D eigenvalue weighted by Gasteiger charge is 2.21. The van der Waals surface area contributed by atoms with Crippen molar-refractivity contribution < 1.29 is 9.90 Å². The number of halogens is 2. The van der Waals surface area contributed by atoms with Gasteiger partial charge in [0.15, 0.2) is 0 Å². The second-order valence-electron chi connectivity index (χ2n) is 6.13. The summed E-state index contributed by atoms with van der Waals surface area (Å²) < 4.78 is 1.74. The molecule has 2 heterocycles. The summed E-state index contributed by atoms with van der Waals surface area (Å²) in [6.45, 7) is -0.164. The van der Waals surface area contributed by atoms with Crippen LogP contribution in [0.15, 0.2) is 48.7 Å². The minimum absolute atomic E-state index is 0.164. The Kier molecular flexibility index (Phi) is 4.42. The number of anilines is 1. The predicted molar refractivity (Wildman–Crippen MR) is 110 cm³/mol. The number of nitrogens with zero attached hydrogens (tertiary/aromatic N) is 2. The van der Waals surface area contributed by atoms with Gasteiger partial charge in [-0.1, -0.05) is 29.3 Å². The number of benzene rings is 2. The summed E-state index contributed by atoms with van der Waals surface area (Å²) in [5, 5.41) is 15.5. The molecule has 2 aromatic heterocycles. The zero-order valence-electron chi connectivity index (χ0n) is 14.3. The number of rotatable bonds is 4. The minimum atomic E-state index is -0.920. The molecule has 0 aliphatic heterocycles. The van der Waals surface area contributed by atoms with E-state index in [1.54, 1.807) is 23.9 Å².